The van der Waals surface area contributed by atoms with Crippen molar-refractivity contribution in [2.75, 3.05) is 13.2 Å². The second-order valence-corrected chi connectivity index (χ2v) is 10.9. The van der Waals surface area contributed by atoms with E-state index in [-0.39, 0.29) is 22.8 Å². The van der Waals surface area contributed by atoms with E-state index in [1.165, 1.54) is 11.3 Å². The van der Waals surface area contributed by atoms with E-state index in [0.717, 1.165) is 28.1 Å². The molecule has 2 heterocycles. The summed E-state index contributed by atoms with van der Waals surface area (Å²) >= 11 is 7.37. The molecule has 2 aromatic carbocycles. The Bertz CT molecular complexity index is 1500. The Hall–Kier alpha value is -3.33. The van der Waals surface area contributed by atoms with Crippen molar-refractivity contribution in [3.05, 3.63) is 91.5 Å². The van der Waals surface area contributed by atoms with Crippen LogP contribution < -0.4 is 15.5 Å². The van der Waals surface area contributed by atoms with Crippen LogP contribution in [0.1, 0.15) is 40.2 Å². The second-order valence-electron chi connectivity index (χ2n) is 9.31. The predicted molar refractivity (Wildman–Crippen MR) is 154 cm³/mol. The lowest BCUT2D eigenvalue weighted by atomic mass is 10.1. The third kappa shape index (κ3) is 6.04. The minimum absolute atomic E-state index is 0.0684. The molecule has 0 fully saturated rings. The molecule has 2 aromatic heterocycles. The van der Waals surface area contributed by atoms with Crippen LogP contribution in [0.2, 0.25) is 5.02 Å². The fraction of sp³-hybridized carbons (Fsp3) is 0.310. The van der Waals surface area contributed by atoms with Gasteiger partial charge in [-0.1, -0.05) is 42.8 Å². The standard InChI is InChI=1S/C29H32ClN3O4S/c1-5-33(18(2)17-37-24-9-7-6-8-23(24)34)16-25-19(3)26-28(38-25)27(35)22(15-32(26)4)29(36)31-14-20-10-12-21(30)13-11-20/h6-13,15,18,34H,5,14,16-17H2,1-4H3,(H,31,36). The van der Waals surface area contributed by atoms with Gasteiger partial charge >= 0.3 is 0 Å². The maximum Gasteiger partial charge on any atom is 0.257 e. The van der Waals surface area contributed by atoms with Gasteiger partial charge in [-0.2, -0.15) is 0 Å². The summed E-state index contributed by atoms with van der Waals surface area (Å²) in [5.41, 5.74) is 2.64. The number of para-hydroxylation sites is 2. The predicted octanol–water partition coefficient (Wildman–Crippen LogP) is 5.49. The summed E-state index contributed by atoms with van der Waals surface area (Å²) in [5.74, 6) is 0.171. The highest BCUT2D eigenvalue weighted by Crippen LogP contribution is 2.31. The molecule has 200 valence electrons. The highest BCUT2D eigenvalue weighted by Gasteiger charge is 2.22. The molecule has 9 heteroatoms. The van der Waals surface area contributed by atoms with Crippen LogP contribution in [-0.4, -0.2) is 39.7 Å². The fourth-order valence-corrected chi connectivity index (χ4v) is 5.87. The minimum Gasteiger partial charge on any atom is -0.504 e. The highest BCUT2D eigenvalue weighted by molar-refractivity contribution is 7.19. The number of halogens is 1. The number of fused-ring (bicyclic) bond motifs is 1. The molecule has 38 heavy (non-hydrogen) atoms. The lowest BCUT2D eigenvalue weighted by Crippen LogP contribution is -2.36. The molecule has 0 aliphatic rings. The van der Waals surface area contributed by atoms with Gasteiger partial charge in [-0.25, -0.2) is 0 Å². The lowest BCUT2D eigenvalue weighted by molar-refractivity contribution is 0.0949. The number of carbonyl (C=O) groups excluding carboxylic acids is 1. The number of nitrogens with one attached hydrogen (secondary N) is 1. The molecule has 7 nitrogen and oxygen atoms in total. The quantitative estimate of drug-likeness (QED) is 0.271. The third-order valence-corrected chi connectivity index (χ3v) is 8.19. The van der Waals surface area contributed by atoms with E-state index in [9.17, 15) is 14.7 Å². The molecule has 0 spiro atoms. The number of benzene rings is 2. The van der Waals surface area contributed by atoms with Crippen molar-refractivity contribution >= 4 is 39.1 Å². The Balaban J connectivity index is 1.52. The van der Waals surface area contributed by atoms with Gasteiger partial charge in [-0.15, -0.1) is 11.3 Å². The third-order valence-electron chi connectivity index (χ3n) is 6.67. The first-order valence-corrected chi connectivity index (χ1v) is 13.7. The number of aromatic hydroxyl groups is 1. The molecule has 4 aromatic rings. The molecule has 0 saturated heterocycles. The average molecular weight is 554 g/mol. The summed E-state index contributed by atoms with van der Waals surface area (Å²) < 4.78 is 8.30. The summed E-state index contributed by atoms with van der Waals surface area (Å²) in [7, 11) is 1.86. The number of thiophene rings is 1. The van der Waals surface area contributed by atoms with Crippen LogP contribution in [0.25, 0.3) is 10.2 Å². The van der Waals surface area contributed by atoms with Crippen LogP contribution in [0.15, 0.2) is 59.5 Å². The molecular weight excluding hydrogens is 522 g/mol. The van der Waals surface area contributed by atoms with Gasteiger partial charge in [-0.3, -0.25) is 14.5 Å². The number of aromatic nitrogens is 1. The first-order valence-electron chi connectivity index (χ1n) is 12.5. The van der Waals surface area contributed by atoms with Gasteiger partial charge in [0.1, 0.15) is 12.2 Å². The molecule has 0 radical (unpaired) electrons. The Kier molecular flexibility index (Phi) is 8.76. The Morgan fingerprint density at radius 2 is 1.92 bits per heavy atom. The number of aryl methyl sites for hydroxylation is 2. The van der Waals surface area contributed by atoms with Crippen LogP contribution in [0.4, 0.5) is 0 Å². The molecule has 0 aliphatic carbocycles. The number of rotatable bonds is 10. The highest BCUT2D eigenvalue weighted by atomic mass is 35.5. The molecule has 0 saturated carbocycles. The zero-order chi connectivity index (χ0) is 27.4. The second kappa shape index (κ2) is 12.0. The van der Waals surface area contributed by atoms with Crippen LogP contribution in [-0.2, 0) is 20.1 Å². The van der Waals surface area contributed by atoms with Gasteiger partial charge in [0, 0.05) is 42.3 Å². The summed E-state index contributed by atoms with van der Waals surface area (Å²) in [6.07, 6.45) is 1.62. The van der Waals surface area contributed by atoms with Gasteiger partial charge in [-0.05, 0) is 55.8 Å². The van der Waals surface area contributed by atoms with Gasteiger partial charge in [0.2, 0.25) is 5.43 Å². The maximum atomic E-state index is 13.4. The van der Waals surface area contributed by atoms with Gasteiger partial charge < -0.3 is 19.7 Å². The monoisotopic (exact) mass is 553 g/mol. The number of pyridine rings is 1. The SMILES string of the molecule is CCN(Cc1sc2c(=O)c(C(=O)NCc3ccc(Cl)cc3)cn(C)c2c1C)C(C)COc1ccccc1O. The number of ether oxygens (including phenoxy) is 1. The lowest BCUT2D eigenvalue weighted by Gasteiger charge is -2.27. The van der Waals surface area contributed by atoms with Crippen molar-refractivity contribution in [3.8, 4) is 11.5 Å². The van der Waals surface area contributed by atoms with Gasteiger partial charge in [0.15, 0.2) is 11.5 Å². The number of phenols is 1. The van der Waals surface area contributed by atoms with E-state index in [1.54, 1.807) is 36.5 Å². The van der Waals surface area contributed by atoms with E-state index >= 15 is 0 Å². The van der Waals surface area contributed by atoms with E-state index in [1.807, 2.05) is 36.7 Å². The summed E-state index contributed by atoms with van der Waals surface area (Å²) in [5, 5.41) is 13.5. The molecule has 0 bridgehead atoms. The average Bonchev–Trinajstić information content (AvgIpc) is 3.24. The van der Waals surface area contributed by atoms with Crippen molar-refractivity contribution in [2.24, 2.45) is 7.05 Å². The smallest absolute Gasteiger partial charge is 0.257 e. The first-order chi connectivity index (χ1) is 18.2. The summed E-state index contributed by atoms with van der Waals surface area (Å²) in [4.78, 5) is 29.7. The Labute approximate surface area is 231 Å². The Morgan fingerprint density at radius 3 is 2.61 bits per heavy atom. The first kappa shape index (κ1) is 27.7. The number of hydrogen-bond donors (Lipinski definition) is 2. The number of amides is 1. The fourth-order valence-electron chi connectivity index (χ4n) is 4.42. The molecule has 1 unspecified atom stereocenters. The number of carbonyl (C=O) groups is 1. The van der Waals surface area contributed by atoms with E-state index in [4.69, 9.17) is 16.3 Å². The molecule has 0 aliphatic heterocycles. The number of phenolic OH excluding ortho intramolecular Hbond substituents is 1. The van der Waals surface area contributed by atoms with E-state index < -0.39 is 5.91 Å². The van der Waals surface area contributed by atoms with Crippen molar-refractivity contribution < 1.29 is 14.6 Å². The van der Waals surface area contributed by atoms with Crippen molar-refractivity contribution in [1.29, 1.82) is 0 Å². The largest absolute Gasteiger partial charge is 0.504 e. The Morgan fingerprint density at radius 1 is 1.21 bits per heavy atom. The maximum absolute atomic E-state index is 13.4. The number of likely N-dealkylation sites (N-methyl/N-ethyl adjacent to an activating group) is 1. The molecule has 1 atom stereocenters. The summed E-state index contributed by atoms with van der Waals surface area (Å²) in [6.45, 7) is 8.32. The van der Waals surface area contributed by atoms with Gasteiger partial charge in [0.25, 0.3) is 5.91 Å². The van der Waals surface area contributed by atoms with E-state index in [2.05, 4.69) is 24.1 Å². The molecule has 2 N–H and O–H groups in total. The zero-order valence-electron chi connectivity index (χ0n) is 22.0. The van der Waals surface area contributed by atoms with Crippen molar-refractivity contribution in [2.45, 2.75) is 39.9 Å². The minimum atomic E-state index is -0.403. The van der Waals surface area contributed by atoms with Crippen LogP contribution in [0, 0.1) is 6.92 Å². The normalized spacial score (nSPS) is 12.2. The molecule has 1 amide bonds. The summed E-state index contributed by atoms with van der Waals surface area (Å²) in [6, 6.07) is 14.2. The van der Waals surface area contributed by atoms with Crippen LogP contribution in [0.3, 0.4) is 0 Å². The van der Waals surface area contributed by atoms with Crippen LogP contribution in [0.5, 0.6) is 11.5 Å². The number of nitrogens with zero attached hydrogens (tertiary/aromatic N) is 2. The topological polar surface area (TPSA) is 83.8 Å². The van der Waals surface area contributed by atoms with Crippen molar-refractivity contribution in [1.82, 2.24) is 14.8 Å². The molecule has 4 rings (SSSR count). The van der Waals surface area contributed by atoms with Crippen LogP contribution >= 0.6 is 22.9 Å². The molecular formula is C29H32ClN3O4S. The number of hydrogen-bond acceptors (Lipinski definition) is 6. The van der Waals surface area contributed by atoms with Gasteiger partial charge in [0.05, 0.1) is 10.2 Å². The zero-order valence-corrected chi connectivity index (χ0v) is 23.5. The van der Waals surface area contributed by atoms with Crippen molar-refractivity contribution in [3.63, 3.8) is 0 Å². The van der Waals surface area contributed by atoms with E-state index in [0.29, 0.717) is 35.2 Å².